The van der Waals surface area contributed by atoms with Gasteiger partial charge in [-0.15, -0.1) is 0 Å². The first-order valence-electron chi connectivity index (χ1n) is 6.62. The number of rotatable bonds is 2. The van der Waals surface area contributed by atoms with E-state index >= 15 is 0 Å². The maximum Gasteiger partial charge on any atom is 0.229 e. The van der Waals surface area contributed by atoms with Crippen LogP contribution in [-0.4, -0.2) is 42.5 Å². The summed E-state index contributed by atoms with van der Waals surface area (Å²) < 4.78 is 5.40. The topological polar surface area (TPSA) is 58.6 Å². The van der Waals surface area contributed by atoms with E-state index in [-0.39, 0.29) is 17.9 Å². The molecule has 0 aliphatic carbocycles. The largest absolute Gasteiger partial charge is 0.378 e. The van der Waals surface area contributed by atoms with E-state index in [0.29, 0.717) is 38.3 Å². The van der Waals surface area contributed by atoms with E-state index < -0.39 is 0 Å². The van der Waals surface area contributed by atoms with Crippen molar-refractivity contribution in [2.75, 3.05) is 19.8 Å². The van der Waals surface area contributed by atoms with Crippen molar-refractivity contribution >= 4 is 11.8 Å². The quantitative estimate of drug-likeness (QED) is 0.764. The van der Waals surface area contributed by atoms with E-state index in [9.17, 15) is 9.59 Å². The van der Waals surface area contributed by atoms with Gasteiger partial charge in [-0.25, -0.2) is 0 Å². The fourth-order valence-electron chi connectivity index (χ4n) is 1.95. The molecule has 106 valence electrons. The van der Waals surface area contributed by atoms with Gasteiger partial charge in [-0.3, -0.25) is 14.5 Å². The zero-order valence-corrected chi connectivity index (χ0v) is 11.7. The van der Waals surface area contributed by atoms with Crippen molar-refractivity contribution in [3.8, 4) is 0 Å². The number of amides is 2. The third-order valence-corrected chi connectivity index (χ3v) is 2.96. The lowest BCUT2D eigenvalue weighted by atomic mass is 10.2. The van der Waals surface area contributed by atoms with Crippen LogP contribution in [0.3, 0.4) is 0 Å². The molecular weight excluding hydrogens is 244 g/mol. The van der Waals surface area contributed by atoms with Gasteiger partial charge in [0.25, 0.3) is 0 Å². The van der Waals surface area contributed by atoms with Gasteiger partial charge in [-0.05, 0) is 5.57 Å². The lowest BCUT2D eigenvalue weighted by Crippen LogP contribution is -2.44. The lowest BCUT2D eigenvalue weighted by Gasteiger charge is -2.22. The van der Waals surface area contributed by atoms with Gasteiger partial charge >= 0.3 is 0 Å². The molecule has 5 heteroatoms. The number of nitrogens with zero attached hydrogens (tertiary/aromatic N) is 1. The second-order valence-electron chi connectivity index (χ2n) is 4.34. The summed E-state index contributed by atoms with van der Waals surface area (Å²) in [4.78, 5) is 24.3. The van der Waals surface area contributed by atoms with Gasteiger partial charge in [0.05, 0.1) is 25.8 Å². The molecule has 0 radical (unpaired) electrons. The number of nitrogens with one attached hydrogen (secondary N) is 1. The summed E-state index contributed by atoms with van der Waals surface area (Å²) in [6.07, 6.45) is 0.639. The van der Waals surface area contributed by atoms with Gasteiger partial charge in [-0.1, -0.05) is 27.0 Å². The van der Waals surface area contributed by atoms with E-state index in [1.807, 2.05) is 13.8 Å². The zero-order chi connectivity index (χ0) is 14.4. The number of hydrogen-bond donors (Lipinski definition) is 1. The van der Waals surface area contributed by atoms with Crippen LogP contribution in [0.2, 0.25) is 0 Å². The summed E-state index contributed by atoms with van der Waals surface area (Å²) in [5.41, 5.74) is 1.51. The molecule has 0 aromatic rings. The summed E-state index contributed by atoms with van der Waals surface area (Å²) in [5.74, 6) is -0.212. The number of likely N-dealkylation sites (tertiary alicyclic amines) is 1. The Morgan fingerprint density at radius 3 is 2.42 bits per heavy atom. The molecule has 1 atom stereocenters. The van der Waals surface area contributed by atoms with Crippen molar-refractivity contribution in [2.24, 2.45) is 0 Å². The molecule has 0 aromatic heterocycles. The highest BCUT2D eigenvalue weighted by Gasteiger charge is 2.31. The number of hydrogen-bond acceptors (Lipinski definition) is 4. The maximum absolute atomic E-state index is 11.5. The van der Waals surface area contributed by atoms with E-state index in [1.54, 1.807) is 0 Å². The van der Waals surface area contributed by atoms with E-state index in [1.165, 1.54) is 4.90 Å². The van der Waals surface area contributed by atoms with Crippen LogP contribution in [0.4, 0.5) is 0 Å². The molecular formula is C14H22N2O3. The highest BCUT2D eigenvalue weighted by Crippen LogP contribution is 2.14. The summed E-state index contributed by atoms with van der Waals surface area (Å²) >= 11 is 0. The summed E-state index contributed by atoms with van der Waals surface area (Å²) in [6, 6.07) is -0.104. The average molecular weight is 266 g/mol. The van der Waals surface area contributed by atoms with Crippen LogP contribution in [0.25, 0.3) is 0 Å². The molecule has 2 aliphatic heterocycles. The van der Waals surface area contributed by atoms with Crippen LogP contribution in [0.5, 0.6) is 0 Å². The lowest BCUT2D eigenvalue weighted by molar-refractivity contribution is -0.138. The molecule has 1 N–H and O–H groups in total. The molecule has 1 unspecified atom stereocenters. The molecule has 2 saturated heterocycles. The molecule has 2 heterocycles. The Hall–Kier alpha value is -1.62. The Morgan fingerprint density at radius 2 is 1.84 bits per heavy atom. The highest BCUT2D eigenvalue weighted by atomic mass is 16.5. The molecule has 2 fully saturated rings. The van der Waals surface area contributed by atoms with Crippen LogP contribution in [0.15, 0.2) is 24.4 Å². The molecule has 5 nitrogen and oxygen atoms in total. The summed E-state index contributed by atoms with van der Waals surface area (Å²) in [5, 5.41) is 3.13. The van der Waals surface area contributed by atoms with Gasteiger partial charge in [-0.2, -0.15) is 0 Å². The van der Waals surface area contributed by atoms with E-state index in [2.05, 4.69) is 18.5 Å². The van der Waals surface area contributed by atoms with Crippen LogP contribution in [0.1, 0.15) is 26.7 Å². The second-order valence-corrected chi connectivity index (χ2v) is 4.34. The first kappa shape index (κ1) is 15.4. The van der Waals surface area contributed by atoms with Crippen molar-refractivity contribution in [1.29, 1.82) is 0 Å². The Morgan fingerprint density at radius 1 is 1.26 bits per heavy atom. The molecule has 2 aliphatic rings. The Kier molecular flexibility index (Phi) is 5.76. The first-order chi connectivity index (χ1) is 9.08. The van der Waals surface area contributed by atoms with Crippen LogP contribution < -0.4 is 5.32 Å². The minimum atomic E-state index is -0.106. The molecule has 2 amide bonds. The van der Waals surface area contributed by atoms with Gasteiger partial charge < -0.3 is 10.1 Å². The monoisotopic (exact) mass is 266 g/mol. The van der Waals surface area contributed by atoms with Gasteiger partial charge in [0.15, 0.2) is 0 Å². The predicted molar refractivity (Wildman–Crippen MR) is 73.3 cm³/mol. The second kappa shape index (κ2) is 7.09. The highest BCUT2D eigenvalue weighted by molar-refractivity contribution is 6.01. The summed E-state index contributed by atoms with van der Waals surface area (Å²) in [6.45, 7) is 12.9. The number of carbonyl (C=O) groups excluding carboxylic acids is 2. The normalized spacial score (nSPS) is 23.7. The molecule has 0 aromatic carbocycles. The Balaban J connectivity index is 0.000000861. The molecule has 0 spiro atoms. The van der Waals surface area contributed by atoms with Gasteiger partial charge in [0, 0.05) is 18.5 Å². The number of imide groups is 1. The summed E-state index contributed by atoms with van der Waals surface area (Å²) in [7, 11) is 0. The average Bonchev–Trinajstić information content (AvgIpc) is 2.62. The third kappa shape index (κ3) is 3.92. The Labute approximate surface area is 114 Å². The minimum Gasteiger partial charge on any atom is -0.378 e. The standard InChI is InChI=1S/C12H16N2O3.C2H6/c1-8-6-17-7-10(13-9(8)2)5-14-11(15)3-4-12(14)16;1-2/h10,13H,1-7H2;1-2H3. The molecule has 2 rings (SSSR count). The minimum absolute atomic E-state index is 0.104. The fraction of sp³-hybridized carbons (Fsp3) is 0.571. The SMILES string of the molecule is C=C1COCC(CN2C(=O)CCC2=O)NC1=C.CC. The molecule has 0 saturated carbocycles. The van der Waals surface area contributed by atoms with Crippen LogP contribution in [0, 0.1) is 0 Å². The predicted octanol–water partition coefficient (Wildman–Crippen LogP) is 1.22. The van der Waals surface area contributed by atoms with Crippen molar-refractivity contribution in [3.05, 3.63) is 24.4 Å². The van der Waals surface area contributed by atoms with E-state index in [0.717, 1.165) is 5.57 Å². The van der Waals surface area contributed by atoms with Crippen LogP contribution >= 0.6 is 0 Å². The smallest absolute Gasteiger partial charge is 0.229 e. The Bertz CT molecular complexity index is 374. The van der Waals surface area contributed by atoms with Crippen LogP contribution in [-0.2, 0) is 14.3 Å². The maximum atomic E-state index is 11.5. The van der Waals surface area contributed by atoms with Crippen molar-refractivity contribution < 1.29 is 14.3 Å². The zero-order valence-electron chi connectivity index (χ0n) is 11.7. The first-order valence-corrected chi connectivity index (χ1v) is 6.62. The van der Waals surface area contributed by atoms with E-state index in [4.69, 9.17) is 4.74 Å². The third-order valence-electron chi connectivity index (χ3n) is 2.96. The van der Waals surface area contributed by atoms with Gasteiger partial charge in [0.1, 0.15) is 0 Å². The number of carbonyl (C=O) groups is 2. The van der Waals surface area contributed by atoms with Gasteiger partial charge in [0.2, 0.25) is 11.8 Å². The fourth-order valence-corrected chi connectivity index (χ4v) is 1.95. The van der Waals surface area contributed by atoms with Crippen molar-refractivity contribution in [3.63, 3.8) is 0 Å². The molecule has 19 heavy (non-hydrogen) atoms. The van der Waals surface area contributed by atoms with Crippen molar-refractivity contribution in [2.45, 2.75) is 32.7 Å². The number of ether oxygens (including phenoxy) is 1. The molecule has 0 bridgehead atoms. The van der Waals surface area contributed by atoms with Crippen molar-refractivity contribution in [1.82, 2.24) is 10.2 Å².